The summed E-state index contributed by atoms with van der Waals surface area (Å²) < 4.78 is 121. The molecule has 0 saturated heterocycles. The number of carbonyl (C=O) groups is 1. The molecule has 0 spiro atoms. The van der Waals surface area contributed by atoms with Gasteiger partial charge in [-0.2, -0.15) is 5.10 Å². The zero-order valence-electron chi connectivity index (χ0n) is 29.3. The Morgan fingerprint density at radius 1 is 1.32 bits per heavy atom. The number of H-pyrrole nitrogens is 1. The van der Waals surface area contributed by atoms with Gasteiger partial charge in [0.25, 0.3) is 0 Å². The maximum atomic E-state index is 13.8. The Labute approximate surface area is 185 Å². The molecule has 1 aromatic carbocycles. The second-order valence-corrected chi connectivity index (χ2v) is 5.87. The van der Waals surface area contributed by atoms with Crippen molar-refractivity contribution in [1.29, 1.82) is 0 Å². The summed E-state index contributed by atoms with van der Waals surface area (Å²) in [6.07, 6.45) is -1.77. The molecule has 4 rings (SSSR count). The molecule has 1 aliphatic heterocycles. The lowest BCUT2D eigenvalue weighted by Gasteiger charge is -2.42. The van der Waals surface area contributed by atoms with Gasteiger partial charge in [0, 0.05) is 37.7 Å². The lowest BCUT2D eigenvalue weighted by atomic mass is 10.0. The maximum absolute atomic E-state index is 13.8. The van der Waals surface area contributed by atoms with E-state index in [4.69, 9.17) is 20.6 Å². The first-order valence-electron chi connectivity index (χ1n) is 15.6. The minimum absolute atomic E-state index is 0.00375. The third kappa shape index (κ3) is 2.83. The monoisotopic (exact) mass is 391 g/mol. The van der Waals surface area contributed by atoms with Gasteiger partial charge in [-0.25, -0.2) is 9.97 Å². The summed E-state index contributed by atoms with van der Waals surface area (Å²) in [5, 5.41) is 6.70. The van der Waals surface area contributed by atoms with Gasteiger partial charge < -0.3 is 9.80 Å². The predicted octanol–water partition coefficient (Wildman–Crippen LogP) is 3.50. The van der Waals surface area contributed by atoms with Crippen molar-refractivity contribution in [2.45, 2.75) is 39.0 Å². The predicted molar refractivity (Wildman–Crippen MR) is 110 cm³/mol. The molecule has 0 radical (unpaired) electrons. The highest BCUT2D eigenvalue weighted by Crippen LogP contribution is 2.37. The number of benzene rings is 1. The van der Waals surface area contributed by atoms with Crippen LogP contribution in [0.25, 0.3) is 22.6 Å². The Bertz CT molecular complexity index is 1500. The van der Waals surface area contributed by atoms with Crippen LogP contribution in [0.1, 0.15) is 47.5 Å². The van der Waals surface area contributed by atoms with E-state index in [1.54, 1.807) is 30.3 Å². The summed E-state index contributed by atoms with van der Waals surface area (Å²) in [5.41, 5.74) is 0.245. The molecular weight excluding hydrogens is 352 g/mol. The lowest BCUT2D eigenvalue weighted by molar-refractivity contribution is -0.120. The zero-order chi connectivity index (χ0) is 32.6. The van der Waals surface area contributed by atoms with Crippen molar-refractivity contribution < 1.29 is 25.4 Å². The smallest absolute Gasteiger partial charge is 0.249 e. The molecule has 1 N–H and O–H groups in total. The number of fused-ring (bicyclic) bond motifs is 1. The number of likely N-dealkylation sites (N-methyl/N-ethyl adjacent to an activating group) is 1. The van der Waals surface area contributed by atoms with Crippen molar-refractivity contribution in [3.8, 4) is 22.6 Å². The van der Waals surface area contributed by atoms with E-state index in [9.17, 15) is 4.79 Å². The number of nitrogens with one attached hydrogen (secondary N) is 1. The van der Waals surface area contributed by atoms with Gasteiger partial charge in [-0.3, -0.25) is 9.89 Å². The van der Waals surface area contributed by atoms with Gasteiger partial charge in [0.05, 0.1) is 25.0 Å². The number of hydrogen-bond acceptors (Lipinski definition) is 5. The number of aromatic nitrogens is 4. The fraction of sp³-hybridized carbons (Fsp3) is 0.333. The van der Waals surface area contributed by atoms with Crippen LogP contribution < -0.4 is 9.80 Å². The fourth-order valence-corrected chi connectivity index (χ4v) is 2.95. The van der Waals surface area contributed by atoms with Crippen molar-refractivity contribution in [2.75, 3.05) is 16.8 Å². The second-order valence-electron chi connectivity index (χ2n) is 5.87. The second kappa shape index (κ2) is 7.07. The Hall–Kier alpha value is -3.22. The van der Waals surface area contributed by atoms with Gasteiger partial charge in [-0.05, 0) is 20.1 Å². The summed E-state index contributed by atoms with van der Waals surface area (Å²) in [7, 11) is 0. The van der Waals surface area contributed by atoms with Crippen LogP contribution in [0.5, 0.6) is 0 Å². The summed E-state index contributed by atoms with van der Waals surface area (Å²) in [6, 6.07) is 1.64. The number of carbonyl (C=O) groups excluding carboxylic acids is 1. The molecule has 0 aliphatic carbocycles. The Balaban J connectivity index is 2.15. The third-order valence-electron chi connectivity index (χ3n) is 4.25. The molecule has 1 unspecified atom stereocenters. The summed E-state index contributed by atoms with van der Waals surface area (Å²) in [4.78, 5) is 22.1. The third-order valence-corrected chi connectivity index (χ3v) is 4.25. The normalized spacial score (nSPS) is 27.2. The standard InChI is InChI=1S/C21H24N6O/c1-5-16-21(28)26(4)17-12-22-19(24-20(17)27(16)13(2)3)15-11-23-25-18(15)14-9-7-6-8-10-14/h6-13,16H,5H2,1-4H3,(H,23,25)/i1D3,2D3,3D3,4D3,5D2,13D. The number of aromatic amines is 1. The number of rotatable bonds is 4. The van der Waals surface area contributed by atoms with Gasteiger partial charge in [0.1, 0.15) is 11.7 Å². The van der Waals surface area contributed by atoms with E-state index in [0.717, 1.165) is 6.20 Å². The Morgan fingerprint density at radius 2 is 2.18 bits per heavy atom. The van der Waals surface area contributed by atoms with Crippen molar-refractivity contribution in [3.05, 3.63) is 42.7 Å². The topological polar surface area (TPSA) is 78.0 Å². The van der Waals surface area contributed by atoms with Crippen LogP contribution in [0.3, 0.4) is 0 Å². The van der Waals surface area contributed by atoms with Crippen LogP contribution in [0.15, 0.2) is 42.7 Å². The van der Waals surface area contributed by atoms with E-state index in [2.05, 4.69) is 20.2 Å². The van der Waals surface area contributed by atoms with E-state index >= 15 is 0 Å². The minimum atomic E-state index is -3.92. The van der Waals surface area contributed by atoms with Crippen LogP contribution in [0, 0.1) is 0 Å². The Kier molecular flexibility index (Phi) is 1.93. The number of amides is 1. The average Bonchev–Trinajstić information content (AvgIpc) is 3.35. The van der Waals surface area contributed by atoms with Crippen LogP contribution in [-0.2, 0) is 4.79 Å². The van der Waals surface area contributed by atoms with Crippen molar-refractivity contribution >= 4 is 17.4 Å². The molecule has 3 aromatic rings. The summed E-state index contributed by atoms with van der Waals surface area (Å²) in [5.74, 6) is -3.12. The largest absolute Gasteiger partial charge is 0.340 e. The van der Waals surface area contributed by atoms with E-state index in [1.807, 2.05) is 0 Å². The highest BCUT2D eigenvalue weighted by molar-refractivity contribution is 6.04. The minimum Gasteiger partial charge on any atom is -0.340 e. The van der Waals surface area contributed by atoms with E-state index in [1.165, 1.54) is 6.20 Å². The first-order valence-corrected chi connectivity index (χ1v) is 8.06. The van der Waals surface area contributed by atoms with Gasteiger partial charge in [-0.15, -0.1) is 0 Å². The van der Waals surface area contributed by atoms with Gasteiger partial charge in [0.2, 0.25) is 5.91 Å². The molecule has 3 heterocycles. The molecule has 28 heavy (non-hydrogen) atoms. The van der Waals surface area contributed by atoms with Gasteiger partial charge in [-0.1, -0.05) is 37.2 Å². The molecule has 0 bridgehead atoms. The van der Waals surface area contributed by atoms with Crippen molar-refractivity contribution in [3.63, 3.8) is 0 Å². The molecule has 1 atom stereocenters. The van der Waals surface area contributed by atoms with E-state index < -0.39 is 63.4 Å². The average molecular weight is 392 g/mol. The number of hydrogen-bond donors (Lipinski definition) is 1. The molecule has 7 nitrogen and oxygen atoms in total. The SMILES string of the molecule is [2H]C([2H])([2H])N1C(=O)C(C([2H])([2H])C([2H])([2H])[2H])N(C([2H])(C([2H])([2H])[2H])C([2H])([2H])[2H])c2nc(-c3cn[nH]c3-c3ccccc3)ncc21. The lowest BCUT2D eigenvalue weighted by Crippen LogP contribution is -2.54. The Morgan fingerprint density at radius 3 is 2.93 bits per heavy atom. The molecule has 7 heteroatoms. The molecule has 2 aromatic heterocycles. The fourth-order valence-electron chi connectivity index (χ4n) is 2.95. The first kappa shape index (κ1) is 7.66. The molecule has 144 valence electrons. The molecule has 0 fully saturated rings. The van der Waals surface area contributed by atoms with Crippen molar-refractivity contribution in [2.24, 2.45) is 0 Å². The van der Waals surface area contributed by atoms with Crippen LogP contribution >= 0.6 is 0 Å². The quantitative estimate of drug-likeness (QED) is 0.736. The molecular formula is C21H24N6O. The molecule has 0 saturated carbocycles. The van der Waals surface area contributed by atoms with E-state index in [-0.39, 0.29) is 21.2 Å². The van der Waals surface area contributed by atoms with Gasteiger partial charge >= 0.3 is 0 Å². The first-order chi connectivity index (χ1) is 19.5. The van der Waals surface area contributed by atoms with E-state index in [0.29, 0.717) is 11.3 Å². The summed E-state index contributed by atoms with van der Waals surface area (Å²) >= 11 is 0. The van der Waals surface area contributed by atoms with Crippen molar-refractivity contribution in [1.82, 2.24) is 20.2 Å². The zero-order valence-corrected chi connectivity index (χ0v) is 14.3. The highest BCUT2D eigenvalue weighted by atomic mass is 16.2. The summed E-state index contributed by atoms with van der Waals surface area (Å²) in [6.45, 7) is -14.9. The van der Waals surface area contributed by atoms with Crippen LogP contribution in [-0.4, -0.2) is 45.1 Å². The molecule has 1 aliphatic rings. The van der Waals surface area contributed by atoms with Gasteiger partial charge in [0.15, 0.2) is 11.6 Å². The number of anilines is 2. The van der Waals surface area contributed by atoms with Crippen LogP contribution in [0.2, 0.25) is 0 Å². The maximum Gasteiger partial charge on any atom is 0.249 e. The number of nitrogens with zero attached hydrogens (tertiary/aromatic N) is 5. The molecule has 1 amide bonds. The highest BCUT2D eigenvalue weighted by Gasteiger charge is 2.38. The van der Waals surface area contributed by atoms with Crippen LogP contribution in [0.4, 0.5) is 11.5 Å².